The van der Waals surface area contributed by atoms with Gasteiger partial charge < -0.3 is 9.84 Å². The molecule has 1 aliphatic rings. The van der Waals surface area contributed by atoms with Crippen molar-refractivity contribution in [1.29, 1.82) is 0 Å². The van der Waals surface area contributed by atoms with E-state index in [2.05, 4.69) is 20.2 Å². The van der Waals surface area contributed by atoms with Crippen LogP contribution in [0.5, 0.6) is 0 Å². The molecule has 0 radical (unpaired) electrons. The molecule has 2 aromatic rings. The number of aryl methyl sites for hydroxylation is 1. The van der Waals surface area contributed by atoms with E-state index in [1.165, 1.54) is 6.20 Å². The van der Waals surface area contributed by atoms with Gasteiger partial charge in [0.15, 0.2) is 0 Å². The zero-order valence-electron chi connectivity index (χ0n) is 11.8. The molecule has 1 aliphatic heterocycles. The lowest BCUT2D eigenvalue weighted by molar-refractivity contribution is 0.428. The highest BCUT2D eigenvalue weighted by Gasteiger charge is 2.23. The van der Waals surface area contributed by atoms with Gasteiger partial charge >= 0.3 is 0 Å². The molecule has 3 heterocycles. The Hall–Kier alpha value is -1.51. The van der Waals surface area contributed by atoms with Gasteiger partial charge in [0, 0.05) is 12.6 Å². The molecule has 114 valence electrons. The number of fused-ring (bicyclic) bond motifs is 1. The van der Waals surface area contributed by atoms with Crippen molar-refractivity contribution in [2.24, 2.45) is 0 Å². The molecule has 0 aliphatic carbocycles. The number of nitrogens with one attached hydrogen (secondary N) is 2. The maximum Gasteiger partial charge on any atom is 0.258 e. The molecule has 0 amide bonds. The maximum atomic E-state index is 12.4. The monoisotopic (exact) mass is 310 g/mol. The van der Waals surface area contributed by atoms with Crippen LogP contribution in [0.15, 0.2) is 21.7 Å². The van der Waals surface area contributed by atoms with Crippen molar-refractivity contribution in [3.63, 3.8) is 0 Å². The van der Waals surface area contributed by atoms with Crippen LogP contribution < -0.4 is 10.0 Å². The summed E-state index contributed by atoms with van der Waals surface area (Å²) in [5.74, 6) is 0. The van der Waals surface area contributed by atoms with Crippen LogP contribution in [0.4, 0.5) is 0 Å². The van der Waals surface area contributed by atoms with Crippen LogP contribution in [0.1, 0.15) is 25.5 Å². The summed E-state index contributed by atoms with van der Waals surface area (Å²) in [6.07, 6.45) is 3.79. The fourth-order valence-electron chi connectivity index (χ4n) is 2.50. The first-order valence-electron chi connectivity index (χ1n) is 7.07. The Balaban J connectivity index is 1.90. The minimum absolute atomic E-state index is 0.0763. The van der Waals surface area contributed by atoms with E-state index in [9.17, 15) is 8.42 Å². The largest absolute Gasteiger partial charge is 0.336 e. The number of hydrogen-bond donors (Lipinski definition) is 2. The van der Waals surface area contributed by atoms with E-state index >= 15 is 0 Å². The van der Waals surface area contributed by atoms with E-state index in [4.69, 9.17) is 4.52 Å². The summed E-state index contributed by atoms with van der Waals surface area (Å²) in [7, 11) is -3.58. The molecule has 3 rings (SSSR count). The second-order valence-electron chi connectivity index (χ2n) is 5.17. The summed E-state index contributed by atoms with van der Waals surface area (Å²) in [4.78, 5) is 4.20. The van der Waals surface area contributed by atoms with Crippen molar-refractivity contribution in [1.82, 2.24) is 20.2 Å². The number of pyridine rings is 1. The van der Waals surface area contributed by atoms with E-state index in [1.807, 2.05) is 6.92 Å². The predicted molar refractivity (Wildman–Crippen MR) is 77.4 cm³/mol. The van der Waals surface area contributed by atoms with Crippen molar-refractivity contribution in [3.05, 3.63) is 18.0 Å². The Morgan fingerprint density at radius 3 is 3.10 bits per heavy atom. The van der Waals surface area contributed by atoms with Gasteiger partial charge in [-0.1, -0.05) is 12.1 Å². The van der Waals surface area contributed by atoms with Gasteiger partial charge in [-0.25, -0.2) is 18.1 Å². The second kappa shape index (κ2) is 5.70. The van der Waals surface area contributed by atoms with Crippen LogP contribution in [0.2, 0.25) is 0 Å². The van der Waals surface area contributed by atoms with Crippen molar-refractivity contribution < 1.29 is 12.9 Å². The molecular formula is C13H18N4O3S. The zero-order valence-corrected chi connectivity index (χ0v) is 12.6. The van der Waals surface area contributed by atoms with E-state index in [0.29, 0.717) is 29.8 Å². The van der Waals surface area contributed by atoms with E-state index in [-0.39, 0.29) is 10.9 Å². The molecule has 1 saturated heterocycles. The number of piperidine rings is 1. The molecule has 8 heteroatoms. The molecule has 0 spiro atoms. The van der Waals surface area contributed by atoms with E-state index < -0.39 is 10.0 Å². The molecule has 0 aromatic carbocycles. The maximum absolute atomic E-state index is 12.4. The third-order valence-corrected chi connectivity index (χ3v) is 5.13. The number of aromatic nitrogens is 2. The van der Waals surface area contributed by atoms with Crippen LogP contribution in [-0.4, -0.2) is 37.7 Å². The molecule has 2 N–H and O–H groups in total. The highest BCUT2D eigenvalue weighted by Crippen LogP contribution is 2.21. The summed E-state index contributed by atoms with van der Waals surface area (Å²) >= 11 is 0. The average molecular weight is 310 g/mol. The van der Waals surface area contributed by atoms with Gasteiger partial charge in [-0.2, -0.15) is 0 Å². The van der Waals surface area contributed by atoms with Gasteiger partial charge in [0.25, 0.3) is 5.71 Å². The predicted octanol–water partition coefficient (Wildman–Crippen LogP) is 0.815. The first-order valence-corrected chi connectivity index (χ1v) is 8.56. The first-order chi connectivity index (χ1) is 10.1. The van der Waals surface area contributed by atoms with E-state index in [0.717, 1.165) is 19.4 Å². The summed E-state index contributed by atoms with van der Waals surface area (Å²) in [6.45, 7) is 3.53. The van der Waals surface area contributed by atoms with Crippen molar-refractivity contribution in [2.45, 2.75) is 37.1 Å². The molecular weight excluding hydrogens is 292 g/mol. The smallest absolute Gasteiger partial charge is 0.258 e. The van der Waals surface area contributed by atoms with Crippen LogP contribution in [0.3, 0.4) is 0 Å². The molecule has 2 aromatic heterocycles. The zero-order chi connectivity index (χ0) is 14.9. The fourth-order valence-corrected chi connectivity index (χ4v) is 3.74. The van der Waals surface area contributed by atoms with Gasteiger partial charge in [0.1, 0.15) is 4.90 Å². The second-order valence-corrected chi connectivity index (χ2v) is 6.89. The van der Waals surface area contributed by atoms with Crippen LogP contribution in [0.25, 0.3) is 11.1 Å². The topological polar surface area (TPSA) is 97.1 Å². The standard InChI is InChI=1S/C13H18N4O3S/c1-2-12-11-6-10(8-15-13(11)20-16-12)21(18,19)17-9-4-3-5-14-7-9/h6,8-9,14,17H,2-5,7H2,1H3. The average Bonchev–Trinajstić information content (AvgIpc) is 2.90. The van der Waals surface area contributed by atoms with Crippen LogP contribution in [0, 0.1) is 0 Å². The van der Waals surface area contributed by atoms with Crippen LogP contribution >= 0.6 is 0 Å². The summed E-state index contributed by atoms with van der Waals surface area (Å²) in [5, 5.41) is 7.73. The Bertz CT molecular complexity index is 735. The third-order valence-electron chi connectivity index (χ3n) is 3.64. The summed E-state index contributed by atoms with van der Waals surface area (Å²) in [6, 6.07) is 1.50. The normalized spacial score (nSPS) is 20.0. The van der Waals surface area contributed by atoms with Gasteiger partial charge in [-0.15, -0.1) is 0 Å². The molecule has 7 nitrogen and oxygen atoms in total. The lowest BCUT2D eigenvalue weighted by Gasteiger charge is -2.23. The van der Waals surface area contributed by atoms with Gasteiger partial charge in [-0.3, -0.25) is 0 Å². The number of nitrogens with zero attached hydrogens (tertiary/aromatic N) is 2. The van der Waals surface area contributed by atoms with Crippen molar-refractivity contribution >= 4 is 21.1 Å². The first kappa shape index (κ1) is 14.4. The molecule has 0 saturated carbocycles. The molecule has 21 heavy (non-hydrogen) atoms. The highest BCUT2D eigenvalue weighted by molar-refractivity contribution is 7.89. The SMILES string of the molecule is CCc1noc2ncc(S(=O)(=O)NC3CCCNC3)cc12. The fraction of sp³-hybridized carbons (Fsp3) is 0.538. The molecule has 0 bridgehead atoms. The quantitative estimate of drug-likeness (QED) is 0.867. The Labute approximate surface area is 123 Å². The van der Waals surface area contributed by atoms with Gasteiger partial charge in [-0.05, 0) is 31.9 Å². The Morgan fingerprint density at radius 1 is 1.52 bits per heavy atom. The van der Waals surface area contributed by atoms with Gasteiger partial charge in [0.05, 0.1) is 17.3 Å². The number of rotatable bonds is 4. The third kappa shape index (κ3) is 2.92. The number of hydrogen-bond acceptors (Lipinski definition) is 6. The van der Waals surface area contributed by atoms with Gasteiger partial charge in [0.2, 0.25) is 10.0 Å². The number of sulfonamides is 1. The minimum Gasteiger partial charge on any atom is -0.336 e. The van der Waals surface area contributed by atoms with Crippen molar-refractivity contribution in [3.8, 4) is 0 Å². The minimum atomic E-state index is -3.58. The molecule has 1 atom stereocenters. The van der Waals surface area contributed by atoms with E-state index in [1.54, 1.807) is 6.07 Å². The van der Waals surface area contributed by atoms with Crippen molar-refractivity contribution in [2.75, 3.05) is 13.1 Å². The molecule has 1 unspecified atom stereocenters. The highest BCUT2D eigenvalue weighted by atomic mass is 32.2. The molecule has 1 fully saturated rings. The van der Waals surface area contributed by atoms with Crippen LogP contribution in [-0.2, 0) is 16.4 Å². The lowest BCUT2D eigenvalue weighted by atomic mass is 10.1. The Kier molecular flexibility index (Phi) is 3.92. The Morgan fingerprint density at radius 2 is 2.38 bits per heavy atom. The summed E-state index contributed by atoms with van der Waals surface area (Å²) in [5.41, 5.74) is 1.08. The summed E-state index contributed by atoms with van der Waals surface area (Å²) < 4.78 is 32.7. The lowest BCUT2D eigenvalue weighted by Crippen LogP contribution is -2.45.